The summed E-state index contributed by atoms with van der Waals surface area (Å²) in [5.41, 5.74) is 3.28. The predicted molar refractivity (Wildman–Crippen MR) is 148 cm³/mol. The summed E-state index contributed by atoms with van der Waals surface area (Å²) in [7, 11) is 6.51. The van der Waals surface area contributed by atoms with Gasteiger partial charge in [0.2, 0.25) is 5.91 Å². The zero-order valence-electron chi connectivity index (χ0n) is 22.8. The van der Waals surface area contributed by atoms with E-state index in [1.54, 1.807) is 42.6 Å². The molecule has 13 heteroatoms. The number of primary amides is 1. The molecule has 3 aliphatic rings. The molecule has 12 nitrogen and oxygen atoms in total. The lowest BCUT2D eigenvalue weighted by molar-refractivity contribution is -0.181. The van der Waals surface area contributed by atoms with Gasteiger partial charge in [-0.15, -0.1) is 11.3 Å². The number of benzene rings is 1. The van der Waals surface area contributed by atoms with Crippen LogP contribution in [0.5, 0.6) is 5.75 Å². The van der Waals surface area contributed by atoms with Crippen molar-refractivity contribution >= 4 is 57.7 Å². The van der Waals surface area contributed by atoms with Crippen LogP contribution in [-0.2, 0) is 25.6 Å². The van der Waals surface area contributed by atoms with Crippen molar-refractivity contribution in [2.24, 2.45) is 29.4 Å². The average molecular weight is 583 g/mol. The summed E-state index contributed by atoms with van der Waals surface area (Å²) in [6.07, 6.45) is 0.0699. The van der Waals surface area contributed by atoms with Crippen LogP contribution in [0.2, 0.25) is 0 Å². The highest BCUT2D eigenvalue weighted by molar-refractivity contribution is 7.12. The number of carbonyl (C=O) groups is 6. The highest BCUT2D eigenvalue weighted by atomic mass is 32.1. The van der Waals surface area contributed by atoms with E-state index in [2.05, 4.69) is 5.32 Å². The van der Waals surface area contributed by atoms with Crippen LogP contribution in [0.4, 0.5) is 11.4 Å². The van der Waals surface area contributed by atoms with E-state index in [0.29, 0.717) is 16.1 Å². The second kappa shape index (κ2) is 9.86. The lowest BCUT2D eigenvalue weighted by Crippen LogP contribution is -2.74. The highest BCUT2D eigenvalue weighted by Gasteiger charge is 2.69. The average Bonchev–Trinajstić information content (AvgIpc) is 3.42. The number of ketones is 4. The van der Waals surface area contributed by atoms with Crippen molar-refractivity contribution in [3.05, 3.63) is 39.6 Å². The second-order valence-electron chi connectivity index (χ2n) is 11.3. The van der Waals surface area contributed by atoms with Crippen LogP contribution in [0.1, 0.15) is 32.0 Å². The van der Waals surface area contributed by atoms with E-state index >= 15 is 0 Å². The van der Waals surface area contributed by atoms with Crippen LogP contribution in [0, 0.1) is 23.7 Å². The van der Waals surface area contributed by atoms with Gasteiger partial charge in [-0.1, -0.05) is 6.07 Å². The summed E-state index contributed by atoms with van der Waals surface area (Å²) in [4.78, 5) is 83.1. The Hall–Kier alpha value is -3.94. The number of carbonyl (C=O) groups excluding carboxylic acids is 6. The van der Waals surface area contributed by atoms with Crippen LogP contribution in [-0.4, -0.2) is 89.9 Å². The molecule has 6 atom stereocenters. The topological polar surface area (TPSA) is 187 Å². The molecule has 1 heterocycles. The van der Waals surface area contributed by atoms with Gasteiger partial charge in [-0.05, 0) is 55.9 Å². The first-order chi connectivity index (χ1) is 19.2. The number of nitrogens with one attached hydrogen (secondary N) is 1. The second-order valence-corrected chi connectivity index (χ2v) is 12.2. The third-order valence-corrected chi connectivity index (χ3v) is 9.38. The van der Waals surface area contributed by atoms with Gasteiger partial charge in [0.15, 0.2) is 34.7 Å². The molecule has 5 N–H and O–H groups in total. The number of phenolic OH excluding ortho intramolecular Hbond substituents is 1. The minimum absolute atomic E-state index is 0.0432. The minimum Gasteiger partial charge on any atom is -0.505 e. The highest BCUT2D eigenvalue weighted by Crippen LogP contribution is 2.52. The maximum absolute atomic E-state index is 14.0. The van der Waals surface area contributed by atoms with Crippen LogP contribution in [0.15, 0.2) is 23.6 Å². The maximum Gasteiger partial charge on any atom is 0.265 e. The molecule has 5 rings (SSSR count). The lowest BCUT2D eigenvalue weighted by atomic mass is 9.52. The summed E-state index contributed by atoms with van der Waals surface area (Å²) >= 11 is 1.19. The Labute approximate surface area is 239 Å². The number of anilines is 2. The number of hydrogen-bond donors (Lipinski definition) is 4. The van der Waals surface area contributed by atoms with Crippen LogP contribution < -0.4 is 16.0 Å². The monoisotopic (exact) mass is 582 g/mol. The molecular weight excluding hydrogens is 552 g/mol. The van der Waals surface area contributed by atoms with E-state index in [-0.39, 0.29) is 24.1 Å². The Kier molecular flexibility index (Phi) is 6.87. The third kappa shape index (κ3) is 4.10. The molecule has 1 aromatic carbocycles. The van der Waals surface area contributed by atoms with E-state index in [0.717, 1.165) is 0 Å². The molecule has 4 unspecified atom stereocenters. The standard InChI is InChI=1S/C28H30N4O8S/c1-31(2)15-10-14(30-27(39)16-6-5-7-41-16)21(33)18-12(15)8-11-9-13-20(32(3)4)23(35)19(26(29)38)25(37)28(13,40)24(36)17(11)22(18)34/h5-7,10-11,13,17,19-20,33,40H,8-9H2,1-4H3,(H2,29,38)(H,30,39)/t11?,13?,17?,19?,20-,28-/m0/s1. The van der Waals surface area contributed by atoms with Crippen LogP contribution >= 0.6 is 11.3 Å². The summed E-state index contributed by atoms with van der Waals surface area (Å²) in [6.45, 7) is 0. The van der Waals surface area contributed by atoms with Gasteiger partial charge < -0.3 is 26.2 Å². The van der Waals surface area contributed by atoms with Gasteiger partial charge in [0, 0.05) is 25.7 Å². The van der Waals surface area contributed by atoms with Gasteiger partial charge in [-0.3, -0.25) is 33.7 Å². The van der Waals surface area contributed by atoms with Crippen molar-refractivity contribution in [2.75, 3.05) is 38.4 Å². The molecule has 0 bridgehead atoms. The minimum atomic E-state index is -2.80. The molecule has 2 aromatic rings. The molecule has 2 fully saturated rings. The number of aliphatic hydroxyl groups is 1. The van der Waals surface area contributed by atoms with E-state index in [1.807, 2.05) is 0 Å². The fourth-order valence-corrected chi connectivity index (χ4v) is 7.36. The number of nitrogens with two attached hydrogens (primary N) is 1. The fourth-order valence-electron chi connectivity index (χ4n) is 6.74. The number of hydrogen-bond acceptors (Lipinski definition) is 11. The largest absolute Gasteiger partial charge is 0.505 e. The Morgan fingerprint density at radius 2 is 1.80 bits per heavy atom. The van der Waals surface area contributed by atoms with Gasteiger partial charge in [-0.25, -0.2) is 0 Å². The van der Waals surface area contributed by atoms with Crippen molar-refractivity contribution in [3.63, 3.8) is 0 Å². The first-order valence-corrected chi connectivity index (χ1v) is 13.8. The van der Waals surface area contributed by atoms with Gasteiger partial charge in [0.1, 0.15) is 5.75 Å². The SMILES string of the molecule is CN(C)c1cc(NC(=O)c2cccs2)c(O)c2c1CC1CC3[C@H](N(C)C)C(=O)C(C(N)=O)C(=O)[C@@]3(O)C(=O)C1C2=O. The predicted octanol–water partition coefficient (Wildman–Crippen LogP) is 0.247. The number of nitrogens with zero attached hydrogens (tertiary/aromatic N) is 2. The number of fused-ring (bicyclic) bond motifs is 3. The van der Waals surface area contributed by atoms with E-state index in [1.165, 1.54) is 30.3 Å². The molecule has 0 radical (unpaired) electrons. The first kappa shape index (κ1) is 28.6. The van der Waals surface area contributed by atoms with Crippen molar-refractivity contribution in [3.8, 4) is 5.75 Å². The normalized spacial score (nSPS) is 29.1. The number of thiophene rings is 1. The van der Waals surface area contributed by atoms with Gasteiger partial charge in [0.25, 0.3) is 5.91 Å². The molecular formula is C28H30N4O8S. The lowest BCUT2D eigenvalue weighted by Gasteiger charge is -2.52. The Balaban J connectivity index is 1.63. The summed E-state index contributed by atoms with van der Waals surface area (Å²) in [5.74, 6) is -11.9. The van der Waals surface area contributed by atoms with E-state index in [9.17, 15) is 39.0 Å². The number of aromatic hydroxyl groups is 1. The number of likely N-dealkylation sites (N-methyl/N-ethyl adjacent to an activating group) is 1. The maximum atomic E-state index is 14.0. The van der Waals surface area contributed by atoms with Gasteiger partial charge in [-0.2, -0.15) is 0 Å². The molecule has 0 saturated heterocycles. The number of Topliss-reactive ketones (excluding diaryl/α,β-unsaturated/α-hetero) is 4. The summed E-state index contributed by atoms with van der Waals surface area (Å²) in [6, 6.07) is 3.66. The van der Waals surface area contributed by atoms with Crippen molar-refractivity contribution in [1.82, 2.24) is 4.90 Å². The Morgan fingerprint density at radius 3 is 2.37 bits per heavy atom. The van der Waals surface area contributed by atoms with Gasteiger partial charge in [0.05, 0.1) is 28.1 Å². The molecule has 1 aromatic heterocycles. The summed E-state index contributed by atoms with van der Waals surface area (Å²) in [5, 5.41) is 27.3. The van der Waals surface area contributed by atoms with Crippen molar-refractivity contribution < 1.29 is 39.0 Å². The van der Waals surface area contributed by atoms with Crippen LogP contribution in [0.25, 0.3) is 0 Å². The van der Waals surface area contributed by atoms with E-state index < -0.39 is 76.0 Å². The quantitative estimate of drug-likeness (QED) is 0.281. The van der Waals surface area contributed by atoms with Crippen LogP contribution in [0.3, 0.4) is 0 Å². The smallest absolute Gasteiger partial charge is 0.265 e. The first-order valence-electron chi connectivity index (χ1n) is 13.0. The zero-order valence-corrected chi connectivity index (χ0v) is 23.7. The molecule has 2 amide bonds. The molecule has 3 aliphatic carbocycles. The molecule has 0 aliphatic heterocycles. The number of amides is 2. The molecule has 41 heavy (non-hydrogen) atoms. The van der Waals surface area contributed by atoms with Gasteiger partial charge >= 0.3 is 0 Å². The third-order valence-electron chi connectivity index (χ3n) is 8.51. The molecule has 0 spiro atoms. The Bertz CT molecular complexity index is 1520. The van der Waals surface area contributed by atoms with E-state index in [4.69, 9.17) is 5.73 Å². The molecule has 2 saturated carbocycles. The number of rotatable bonds is 5. The number of phenols is 1. The Morgan fingerprint density at radius 1 is 1.12 bits per heavy atom. The molecule has 216 valence electrons. The fraction of sp³-hybridized carbons (Fsp3) is 0.429. The van der Waals surface area contributed by atoms with Crippen molar-refractivity contribution in [1.29, 1.82) is 0 Å². The zero-order chi connectivity index (χ0) is 30.1. The summed E-state index contributed by atoms with van der Waals surface area (Å²) < 4.78 is 0. The van der Waals surface area contributed by atoms with Crippen molar-refractivity contribution in [2.45, 2.75) is 24.5 Å².